The molecule has 0 saturated heterocycles. The van der Waals surface area contributed by atoms with Gasteiger partial charge in [0.25, 0.3) is 0 Å². The van der Waals surface area contributed by atoms with Crippen LogP contribution in [0.2, 0.25) is 0 Å². The van der Waals surface area contributed by atoms with Gasteiger partial charge >= 0.3 is 0 Å². The van der Waals surface area contributed by atoms with Crippen LogP contribution in [0.3, 0.4) is 0 Å². The van der Waals surface area contributed by atoms with Crippen LogP contribution in [0.4, 0.5) is 0 Å². The number of nitrogens with two attached hydrogens (primary N) is 1. The second-order valence-corrected chi connectivity index (χ2v) is 3.88. The number of amides is 1. The largest absolute Gasteiger partial charge is 0.349 e. The Morgan fingerprint density at radius 1 is 1.53 bits per heavy atom. The SMILES string of the molecule is CCn1ncnc1Cn1cc(CNC(=O)CN)nn1. The molecule has 9 heteroatoms. The summed E-state index contributed by atoms with van der Waals surface area (Å²) in [5.41, 5.74) is 5.86. The van der Waals surface area contributed by atoms with Crippen molar-refractivity contribution in [1.82, 2.24) is 35.1 Å². The second kappa shape index (κ2) is 6.05. The van der Waals surface area contributed by atoms with Crippen LogP contribution in [0.15, 0.2) is 12.5 Å². The average molecular weight is 264 g/mol. The van der Waals surface area contributed by atoms with Crippen LogP contribution in [0.1, 0.15) is 18.4 Å². The Bertz CT molecular complexity index is 545. The topological polar surface area (TPSA) is 117 Å². The van der Waals surface area contributed by atoms with E-state index in [9.17, 15) is 4.79 Å². The lowest BCUT2D eigenvalue weighted by Gasteiger charge is -2.02. The maximum atomic E-state index is 11.0. The number of rotatable bonds is 6. The van der Waals surface area contributed by atoms with Gasteiger partial charge < -0.3 is 11.1 Å². The van der Waals surface area contributed by atoms with Crippen molar-refractivity contribution < 1.29 is 4.79 Å². The Balaban J connectivity index is 1.95. The first-order chi connectivity index (χ1) is 9.22. The Morgan fingerprint density at radius 2 is 2.37 bits per heavy atom. The van der Waals surface area contributed by atoms with Crippen LogP contribution >= 0.6 is 0 Å². The van der Waals surface area contributed by atoms with E-state index in [0.717, 1.165) is 12.4 Å². The molecule has 2 aromatic heterocycles. The number of carbonyl (C=O) groups is 1. The molecule has 3 N–H and O–H groups in total. The molecule has 0 atom stereocenters. The number of aromatic nitrogens is 6. The Hall–Kier alpha value is -2.29. The number of carbonyl (C=O) groups excluding carboxylic acids is 1. The van der Waals surface area contributed by atoms with E-state index in [-0.39, 0.29) is 12.5 Å². The van der Waals surface area contributed by atoms with E-state index < -0.39 is 0 Å². The standard InChI is InChI=1S/C10H16N8O/c1-2-18-9(13-7-14-18)6-17-5-8(15-16-17)4-12-10(19)3-11/h5,7H,2-4,6,11H2,1H3,(H,12,19). The van der Waals surface area contributed by atoms with E-state index >= 15 is 0 Å². The van der Waals surface area contributed by atoms with E-state index in [4.69, 9.17) is 5.73 Å². The van der Waals surface area contributed by atoms with Gasteiger partial charge in [0.2, 0.25) is 5.91 Å². The summed E-state index contributed by atoms with van der Waals surface area (Å²) in [5, 5.41) is 14.6. The second-order valence-electron chi connectivity index (χ2n) is 3.88. The molecule has 2 aromatic rings. The fourth-order valence-corrected chi connectivity index (χ4v) is 1.58. The molecule has 0 radical (unpaired) electrons. The molecule has 0 bridgehead atoms. The third kappa shape index (κ3) is 3.35. The van der Waals surface area contributed by atoms with Gasteiger partial charge in [-0.25, -0.2) is 14.3 Å². The fourth-order valence-electron chi connectivity index (χ4n) is 1.58. The molecule has 0 aliphatic heterocycles. The average Bonchev–Trinajstić information content (AvgIpc) is 3.05. The molecule has 2 heterocycles. The minimum Gasteiger partial charge on any atom is -0.349 e. The summed E-state index contributed by atoms with van der Waals surface area (Å²) < 4.78 is 3.44. The molecule has 1 amide bonds. The smallest absolute Gasteiger partial charge is 0.234 e. The summed E-state index contributed by atoms with van der Waals surface area (Å²) in [4.78, 5) is 15.2. The van der Waals surface area contributed by atoms with Crippen molar-refractivity contribution in [2.45, 2.75) is 26.6 Å². The molecule has 0 fully saturated rings. The zero-order valence-electron chi connectivity index (χ0n) is 10.7. The van der Waals surface area contributed by atoms with Gasteiger partial charge in [0, 0.05) is 6.54 Å². The van der Waals surface area contributed by atoms with Crippen molar-refractivity contribution in [2.75, 3.05) is 6.54 Å². The van der Waals surface area contributed by atoms with Crippen LogP contribution in [0.5, 0.6) is 0 Å². The number of nitrogens with zero attached hydrogens (tertiary/aromatic N) is 6. The first kappa shape index (κ1) is 13.1. The van der Waals surface area contributed by atoms with Gasteiger partial charge in [-0.05, 0) is 6.92 Å². The molecular formula is C10H16N8O. The highest BCUT2D eigenvalue weighted by Gasteiger charge is 2.07. The molecule has 9 nitrogen and oxygen atoms in total. The summed E-state index contributed by atoms with van der Waals surface area (Å²) in [5.74, 6) is 0.588. The molecule has 19 heavy (non-hydrogen) atoms. The zero-order chi connectivity index (χ0) is 13.7. The van der Waals surface area contributed by atoms with Crippen LogP contribution in [-0.4, -0.2) is 42.2 Å². The van der Waals surface area contributed by atoms with Gasteiger partial charge in [-0.3, -0.25) is 4.79 Å². The Labute approximate surface area is 109 Å². The molecule has 102 valence electrons. The number of hydrogen-bond donors (Lipinski definition) is 2. The highest BCUT2D eigenvalue weighted by atomic mass is 16.1. The maximum Gasteiger partial charge on any atom is 0.234 e. The van der Waals surface area contributed by atoms with Crippen molar-refractivity contribution >= 4 is 5.91 Å². The molecule has 0 unspecified atom stereocenters. The molecule has 0 saturated carbocycles. The minimum absolute atomic E-state index is 0.0340. The maximum absolute atomic E-state index is 11.0. The van der Waals surface area contributed by atoms with E-state index in [0.29, 0.717) is 18.8 Å². The van der Waals surface area contributed by atoms with Crippen LogP contribution < -0.4 is 11.1 Å². The van der Waals surface area contributed by atoms with Crippen LogP contribution in [-0.2, 0) is 24.4 Å². The first-order valence-corrected chi connectivity index (χ1v) is 5.95. The highest BCUT2D eigenvalue weighted by Crippen LogP contribution is 1.99. The predicted molar refractivity (Wildman–Crippen MR) is 65.7 cm³/mol. The van der Waals surface area contributed by atoms with Gasteiger partial charge in [0.1, 0.15) is 24.4 Å². The van der Waals surface area contributed by atoms with Crippen molar-refractivity contribution in [2.24, 2.45) is 5.73 Å². The molecule has 2 rings (SSSR count). The van der Waals surface area contributed by atoms with E-state index in [1.54, 1.807) is 15.6 Å². The minimum atomic E-state index is -0.222. The lowest BCUT2D eigenvalue weighted by molar-refractivity contribution is -0.119. The van der Waals surface area contributed by atoms with Crippen LogP contribution in [0, 0.1) is 0 Å². The molecule has 0 aromatic carbocycles. The number of hydrogen-bond acceptors (Lipinski definition) is 6. The van der Waals surface area contributed by atoms with E-state index in [2.05, 4.69) is 25.7 Å². The van der Waals surface area contributed by atoms with Gasteiger partial charge in [0.15, 0.2) is 0 Å². The highest BCUT2D eigenvalue weighted by molar-refractivity contribution is 5.77. The Morgan fingerprint density at radius 3 is 3.11 bits per heavy atom. The molecular weight excluding hydrogens is 248 g/mol. The van der Waals surface area contributed by atoms with Crippen LogP contribution in [0.25, 0.3) is 0 Å². The summed E-state index contributed by atoms with van der Waals surface area (Å²) >= 11 is 0. The van der Waals surface area contributed by atoms with Crippen molar-refractivity contribution in [3.8, 4) is 0 Å². The number of aryl methyl sites for hydroxylation is 1. The lowest BCUT2D eigenvalue weighted by atomic mass is 10.4. The summed E-state index contributed by atoms with van der Waals surface area (Å²) in [6.07, 6.45) is 3.27. The predicted octanol–water partition coefficient (Wildman–Crippen LogP) is -1.49. The first-order valence-electron chi connectivity index (χ1n) is 5.95. The monoisotopic (exact) mass is 264 g/mol. The van der Waals surface area contributed by atoms with Crippen molar-refractivity contribution in [3.63, 3.8) is 0 Å². The quantitative estimate of drug-likeness (QED) is 0.656. The van der Waals surface area contributed by atoms with Gasteiger partial charge in [-0.15, -0.1) is 5.10 Å². The summed E-state index contributed by atoms with van der Waals surface area (Å²) in [6.45, 7) is 3.52. The summed E-state index contributed by atoms with van der Waals surface area (Å²) in [7, 11) is 0. The molecule has 0 aliphatic rings. The zero-order valence-corrected chi connectivity index (χ0v) is 10.7. The lowest BCUT2D eigenvalue weighted by Crippen LogP contribution is -2.29. The van der Waals surface area contributed by atoms with Crippen molar-refractivity contribution in [3.05, 3.63) is 24.0 Å². The van der Waals surface area contributed by atoms with Gasteiger partial charge in [-0.2, -0.15) is 5.10 Å². The fraction of sp³-hybridized carbons (Fsp3) is 0.500. The molecule has 0 spiro atoms. The third-order valence-corrected chi connectivity index (χ3v) is 2.54. The van der Waals surface area contributed by atoms with E-state index in [1.165, 1.54) is 6.33 Å². The normalized spacial score (nSPS) is 10.6. The number of nitrogens with one attached hydrogen (secondary N) is 1. The van der Waals surface area contributed by atoms with Gasteiger partial charge in [0.05, 0.1) is 19.3 Å². The van der Waals surface area contributed by atoms with E-state index in [1.807, 2.05) is 6.92 Å². The Kier molecular flexibility index (Phi) is 4.18. The molecule has 0 aliphatic carbocycles. The van der Waals surface area contributed by atoms with Gasteiger partial charge in [-0.1, -0.05) is 5.21 Å². The summed E-state index contributed by atoms with van der Waals surface area (Å²) in [6, 6.07) is 0. The third-order valence-electron chi connectivity index (χ3n) is 2.54. The van der Waals surface area contributed by atoms with Crippen molar-refractivity contribution in [1.29, 1.82) is 0 Å².